The summed E-state index contributed by atoms with van der Waals surface area (Å²) < 4.78 is 29.0. The number of fused-ring (bicyclic) bond motifs is 4. The van der Waals surface area contributed by atoms with Gasteiger partial charge >= 0.3 is 0 Å². The van der Waals surface area contributed by atoms with Crippen molar-refractivity contribution in [3.63, 3.8) is 0 Å². The van der Waals surface area contributed by atoms with Crippen molar-refractivity contribution in [3.8, 4) is 39.3 Å². The number of hydrogen-bond donors (Lipinski definition) is 0. The Bertz CT molecular complexity index is 2490. The maximum Gasteiger partial charge on any atom is 0.210 e. The Morgan fingerprint density at radius 1 is 0.455 bits per heavy atom. The van der Waals surface area contributed by atoms with Gasteiger partial charge in [0.1, 0.15) is 5.82 Å². The van der Waals surface area contributed by atoms with Crippen LogP contribution in [0, 0.1) is 0 Å². The first-order valence-electron chi connectivity index (χ1n) is 14.6. The van der Waals surface area contributed by atoms with Crippen LogP contribution in [-0.4, -0.2) is 18.0 Å². The molecule has 7 aromatic carbocycles. The molecule has 0 saturated heterocycles. The summed E-state index contributed by atoms with van der Waals surface area (Å²) in [6, 6.07) is 48.9. The first kappa shape index (κ1) is 25.0. The molecule has 4 nitrogen and oxygen atoms in total. The van der Waals surface area contributed by atoms with E-state index in [2.05, 4.69) is 103 Å². The Balaban J connectivity index is 1.27. The molecule has 0 amide bonds. The monoisotopic (exact) mass is 584 g/mol. The van der Waals surface area contributed by atoms with Gasteiger partial charge in [0.05, 0.1) is 26.5 Å². The predicted octanol–water partition coefficient (Wildman–Crippen LogP) is 9.48. The van der Waals surface area contributed by atoms with Crippen LogP contribution in [0.15, 0.2) is 155 Å². The van der Waals surface area contributed by atoms with Gasteiger partial charge in [0.25, 0.3) is 0 Å². The van der Waals surface area contributed by atoms with Crippen molar-refractivity contribution < 1.29 is 8.42 Å². The van der Waals surface area contributed by atoms with Crippen molar-refractivity contribution in [1.29, 1.82) is 0 Å². The van der Waals surface area contributed by atoms with Crippen molar-refractivity contribution in [2.75, 3.05) is 0 Å². The van der Waals surface area contributed by atoms with Gasteiger partial charge in [0.15, 0.2) is 0 Å². The summed E-state index contributed by atoms with van der Waals surface area (Å²) in [6.45, 7) is 0. The molecule has 5 heteroatoms. The van der Waals surface area contributed by atoms with E-state index in [1.54, 1.807) is 24.3 Å². The molecule has 1 aliphatic rings. The highest BCUT2D eigenvalue weighted by Crippen LogP contribution is 2.45. The van der Waals surface area contributed by atoms with Crippen molar-refractivity contribution in [2.45, 2.75) is 9.79 Å². The van der Waals surface area contributed by atoms with Crippen LogP contribution in [0.4, 0.5) is 0 Å². The molecular weight excluding hydrogens is 561 g/mol. The van der Waals surface area contributed by atoms with Gasteiger partial charge in [0.2, 0.25) is 9.84 Å². The molecule has 0 N–H and O–H groups in total. The van der Waals surface area contributed by atoms with E-state index in [1.165, 1.54) is 38.2 Å². The molecule has 0 spiro atoms. The lowest BCUT2D eigenvalue weighted by atomic mass is 9.86. The predicted molar refractivity (Wildman–Crippen MR) is 178 cm³/mol. The van der Waals surface area contributed by atoms with E-state index in [9.17, 15) is 8.42 Å². The minimum absolute atomic E-state index is 0.292. The van der Waals surface area contributed by atoms with Gasteiger partial charge in [-0.15, -0.1) is 0 Å². The molecule has 0 atom stereocenters. The van der Waals surface area contributed by atoms with Crippen molar-refractivity contribution in [2.24, 2.45) is 0 Å². The van der Waals surface area contributed by atoms with Crippen LogP contribution in [0.2, 0.25) is 0 Å². The van der Waals surface area contributed by atoms with Gasteiger partial charge in [-0.3, -0.25) is 4.57 Å². The lowest BCUT2D eigenvalue weighted by Crippen LogP contribution is -2.14. The molecule has 0 radical (unpaired) electrons. The summed E-state index contributed by atoms with van der Waals surface area (Å²) >= 11 is 0. The van der Waals surface area contributed by atoms with Crippen LogP contribution in [-0.2, 0) is 9.84 Å². The molecule has 9 rings (SSSR count). The van der Waals surface area contributed by atoms with Gasteiger partial charge < -0.3 is 0 Å². The van der Waals surface area contributed by atoms with E-state index in [4.69, 9.17) is 4.98 Å². The number of imidazole rings is 1. The van der Waals surface area contributed by atoms with Crippen LogP contribution in [0.3, 0.4) is 0 Å². The van der Waals surface area contributed by atoms with Gasteiger partial charge in [-0.1, -0.05) is 121 Å². The number of aromatic nitrogens is 2. The molecule has 208 valence electrons. The second kappa shape index (κ2) is 9.24. The van der Waals surface area contributed by atoms with Crippen molar-refractivity contribution in [3.05, 3.63) is 146 Å². The molecule has 1 aliphatic heterocycles. The minimum Gasteiger partial charge on any atom is -0.290 e. The van der Waals surface area contributed by atoms with E-state index in [-0.39, 0.29) is 0 Å². The molecule has 0 saturated carbocycles. The van der Waals surface area contributed by atoms with Crippen molar-refractivity contribution >= 4 is 42.4 Å². The highest BCUT2D eigenvalue weighted by atomic mass is 32.2. The third-order valence-corrected chi connectivity index (χ3v) is 10.6. The summed E-state index contributed by atoms with van der Waals surface area (Å²) in [6.07, 6.45) is 0. The Morgan fingerprint density at radius 3 is 1.59 bits per heavy atom. The average molecular weight is 585 g/mol. The van der Waals surface area contributed by atoms with Crippen LogP contribution < -0.4 is 0 Å². The number of rotatable bonds is 3. The Kier molecular flexibility index (Phi) is 5.25. The molecule has 0 aliphatic carbocycles. The van der Waals surface area contributed by atoms with E-state index in [0.717, 1.165) is 17.0 Å². The number of sulfone groups is 1. The number of benzene rings is 7. The maximum atomic E-state index is 13.5. The van der Waals surface area contributed by atoms with Gasteiger partial charge in [-0.25, -0.2) is 13.4 Å². The number of hydrogen-bond acceptors (Lipinski definition) is 3. The first-order valence-corrected chi connectivity index (χ1v) is 16.1. The summed E-state index contributed by atoms with van der Waals surface area (Å²) in [5.74, 6) is 0.718. The quantitative estimate of drug-likeness (QED) is 0.194. The zero-order chi connectivity index (χ0) is 29.4. The lowest BCUT2D eigenvalue weighted by Gasteiger charge is -2.21. The van der Waals surface area contributed by atoms with Gasteiger partial charge in [-0.2, -0.15) is 0 Å². The van der Waals surface area contributed by atoms with Crippen LogP contribution in [0.1, 0.15) is 0 Å². The molecule has 1 aromatic heterocycles. The largest absolute Gasteiger partial charge is 0.290 e. The Hall–Kier alpha value is -5.52. The summed E-state index contributed by atoms with van der Waals surface area (Å²) in [4.78, 5) is 5.56. The fraction of sp³-hybridized carbons (Fsp3) is 0. The number of para-hydroxylation sites is 2. The van der Waals surface area contributed by atoms with E-state index >= 15 is 0 Å². The zero-order valence-electron chi connectivity index (χ0n) is 23.5. The highest BCUT2D eigenvalue weighted by Gasteiger charge is 2.33. The second-order valence-electron chi connectivity index (χ2n) is 11.2. The SMILES string of the molecule is O=S1(=O)c2ccccc2-n2c(-c3ccc(-c4c5ccccc5c(-c5ccccc5)c5ccccc45)cc3)nc3cccc1c32. The van der Waals surface area contributed by atoms with Crippen LogP contribution in [0.25, 0.3) is 71.9 Å². The topological polar surface area (TPSA) is 52.0 Å². The molecule has 0 unspecified atom stereocenters. The highest BCUT2D eigenvalue weighted by molar-refractivity contribution is 7.92. The second-order valence-corrected chi connectivity index (χ2v) is 13.0. The fourth-order valence-electron chi connectivity index (χ4n) is 6.87. The van der Waals surface area contributed by atoms with Crippen molar-refractivity contribution in [1.82, 2.24) is 9.55 Å². The summed E-state index contributed by atoms with van der Waals surface area (Å²) in [7, 11) is -3.65. The van der Waals surface area contributed by atoms with E-state index in [0.29, 0.717) is 26.5 Å². The van der Waals surface area contributed by atoms with Crippen LogP contribution >= 0.6 is 0 Å². The number of nitrogens with zero attached hydrogens (tertiary/aromatic N) is 2. The molecule has 44 heavy (non-hydrogen) atoms. The first-order chi connectivity index (χ1) is 21.6. The smallest absolute Gasteiger partial charge is 0.210 e. The van der Waals surface area contributed by atoms with E-state index < -0.39 is 9.84 Å². The normalized spacial score (nSPS) is 13.4. The standard InChI is InChI=1S/C39H24N2O2S/c42-44(43)34-19-9-8-18-33(34)41-38-32(17-10-20-35(38)44)40-39(41)27-23-21-26(22-24-27)37-30-15-6-4-13-28(30)36(25-11-2-1-3-12-25)29-14-5-7-16-31(29)37/h1-24H. The Morgan fingerprint density at radius 2 is 0.955 bits per heavy atom. The van der Waals surface area contributed by atoms with Gasteiger partial charge in [0, 0.05) is 5.56 Å². The maximum absolute atomic E-state index is 13.5. The lowest BCUT2D eigenvalue weighted by molar-refractivity contribution is 0.594. The minimum atomic E-state index is -3.65. The third-order valence-electron chi connectivity index (χ3n) is 8.75. The zero-order valence-corrected chi connectivity index (χ0v) is 24.3. The average Bonchev–Trinajstić information content (AvgIpc) is 3.47. The molecule has 8 aromatic rings. The van der Waals surface area contributed by atoms with E-state index in [1.807, 2.05) is 22.8 Å². The van der Waals surface area contributed by atoms with Gasteiger partial charge in [-0.05, 0) is 68.1 Å². The Labute approximate surface area is 254 Å². The molecule has 2 heterocycles. The van der Waals surface area contributed by atoms with Crippen LogP contribution in [0.5, 0.6) is 0 Å². The molecule has 0 fully saturated rings. The summed E-state index contributed by atoms with van der Waals surface area (Å²) in [5.41, 5.74) is 7.57. The summed E-state index contributed by atoms with van der Waals surface area (Å²) in [5, 5.41) is 4.82. The third kappa shape index (κ3) is 3.44. The fourth-order valence-corrected chi connectivity index (χ4v) is 8.51. The molecule has 0 bridgehead atoms. The molecular formula is C39H24N2O2S.